The molecule has 4 heteroatoms. The molecule has 0 spiro atoms. The second kappa shape index (κ2) is 5.97. The van der Waals surface area contributed by atoms with Crippen molar-refractivity contribution in [1.82, 2.24) is 9.97 Å². The molecule has 0 radical (unpaired) electrons. The van der Waals surface area contributed by atoms with Crippen LogP contribution in [0.4, 0.5) is 0 Å². The third kappa shape index (κ3) is 2.58. The molecular formula is C20H14Cl2N2. The SMILES string of the molecule is Cc1cccc(-c2ccc3nc[nH]c3c2)c1-c1cc(Cl)ccc1Cl. The van der Waals surface area contributed by atoms with Gasteiger partial charge in [-0.05, 0) is 59.5 Å². The van der Waals surface area contributed by atoms with Crippen molar-refractivity contribution in [3.8, 4) is 22.3 Å². The topological polar surface area (TPSA) is 28.7 Å². The first kappa shape index (κ1) is 15.3. The van der Waals surface area contributed by atoms with E-state index in [9.17, 15) is 0 Å². The third-order valence-corrected chi connectivity index (χ3v) is 4.77. The molecule has 2 nitrogen and oxygen atoms in total. The molecule has 118 valence electrons. The number of benzene rings is 3. The van der Waals surface area contributed by atoms with Gasteiger partial charge in [0.2, 0.25) is 0 Å². The molecule has 4 aromatic rings. The molecule has 0 unspecified atom stereocenters. The molecule has 0 aliphatic rings. The number of fused-ring (bicyclic) bond motifs is 1. The fraction of sp³-hybridized carbons (Fsp3) is 0.0500. The van der Waals surface area contributed by atoms with E-state index < -0.39 is 0 Å². The first-order valence-electron chi connectivity index (χ1n) is 7.62. The van der Waals surface area contributed by atoms with Crippen molar-refractivity contribution in [3.05, 3.63) is 76.5 Å². The number of aromatic amines is 1. The minimum atomic E-state index is 0.674. The lowest BCUT2D eigenvalue weighted by Gasteiger charge is -2.15. The summed E-state index contributed by atoms with van der Waals surface area (Å²) >= 11 is 12.7. The second-order valence-corrected chi connectivity index (χ2v) is 6.60. The highest BCUT2D eigenvalue weighted by Gasteiger charge is 2.14. The van der Waals surface area contributed by atoms with Gasteiger partial charge in [0.05, 0.1) is 17.4 Å². The van der Waals surface area contributed by atoms with E-state index in [1.54, 1.807) is 6.33 Å². The van der Waals surface area contributed by atoms with Gasteiger partial charge < -0.3 is 4.98 Å². The summed E-state index contributed by atoms with van der Waals surface area (Å²) in [6, 6.07) is 18.0. The molecular weight excluding hydrogens is 339 g/mol. The quantitative estimate of drug-likeness (QED) is 0.437. The van der Waals surface area contributed by atoms with E-state index in [4.69, 9.17) is 23.2 Å². The molecule has 1 heterocycles. The Kier molecular flexibility index (Phi) is 3.79. The van der Waals surface area contributed by atoms with Gasteiger partial charge in [-0.1, -0.05) is 47.5 Å². The minimum Gasteiger partial charge on any atom is -0.345 e. The van der Waals surface area contributed by atoms with E-state index in [2.05, 4.69) is 47.2 Å². The zero-order valence-corrected chi connectivity index (χ0v) is 14.5. The Morgan fingerprint density at radius 2 is 1.79 bits per heavy atom. The monoisotopic (exact) mass is 352 g/mol. The molecule has 0 saturated heterocycles. The highest BCUT2D eigenvalue weighted by Crippen LogP contribution is 2.39. The number of imidazole rings is 1. The number of hydrogen-bond donors (Lipinski definition) is 1. The Morgan fingerprint density at radius 3 is 2.67 bits per heavy atom. The molecule has 0 aliphatic carbocycles. The van der Waals surface area contributed by atoms with E-state index in [1.807, 2.05) is 24.3 Å². The Hall–Kier alpha value is -2.29. The lowest BCUT2D eigenvalue weighted by atomic mass is 9.91. The van der Waals surface area contributed by atoms with Gasteiger partial charge >= 0.3 is 0 Å². The van der Waals surface area contributed by atoms with E-state index in [-0.39, 0.29) is 0 Å². The minimum absolute atomic E-state index is 0.674. The van der Waals surface area contributed by atoms with Crippen LogP contribution in [0.15, 0.2) is 60.9 Å². The van der Waals surface area contributed by atoms with Gasteiger partial charge in [-0.25, -0.2) is 4.98 Å². The van der Waals surface area contributed by atoms with Gasteiger partial charge in [-0.15, -0.1) is 0 Å². The molecule has 3 aromatic carbocycles. The molecule has 1 N–H and O–H groups in total. The van der Waals surface area contributed by atoms with Crippen LogP contribution in [-0.2, 0) is 0 Å². The fourth-order valence-corrected chi connectivity index (χ4v) is 3.44. The van der Waals surface area contributed by atoms with Crippen LogP contribution in [0.1, 0.15) is 5.56 Å². The first-order valence-corrected chi connectivity index (χ1v) is 8.37. The molecule has 4 rings (SSSR count). The van der Waals surface area contributed by atoms with Gasteiger partial charge in [-0.3, -0.25) is 0 Å². The van der Waals surface area contributed by atoms with Crippen molar-refractivity contribution in [2.24, 2.45) is 0 Å². The number of nitrogens with one attached hydrogen (secondary N) is 1. The maximum Gasteiger partial charge on any atom is 0.0931 e. The van der Waals surface area contributed by atoms with E-state index in [0.29, 0.717) is 10.0 Å². The van der Waals surface area contributed by atoms with Crippen molar-refractivity contribution in [2.45, 2.75) is 6.92 Å². The Morgan fingerprint density at radius 1 is 0.917 bits per heavy atom. The molecule has 0 amide bonds. The zero-order chi connectivity index (χ0) is 16.7. The zero-order valence-electron chi connectivity index (χ0n) is 13.0. The number of aromatic nitrogens is 2. The van der Waals surface area contributed by atoms with E-state index >= 15 is 0 Å². The van der Waals surface area contributed by atoms with Crippen molar-refractivity contribution >= 4 is 34.2 Å². The number of halogens is 2. The Bertz CT molecular complexity index is 1050. The second-order valence-electron chi connectivity index (χ2n) is 5.76. The fourth-order valence-electron chi connectivity index (χ4n) is 3.06. The maximum atomic E-state index is 6.46. The lowest BCUT2D eigenvalue weighted by Crippen LogP contribution is -1.90. The van der Waals surface area contributed by atoms with Crippen molar-refractivity contribution in [1.29, 1.82) is 0 Å². The van der Waals surface area contributed by atoms with Gasteiger partial charge in [0.1, 0.15) is 0 Å². The van der Waals surface area contributed by atoms with Crippen LogP contribution in [0.5, 0.6) is 0 Å². The van der Waals surface area contributed by atoms with E-state index in [1.165, 1.54) is 0 Å². The standard InChI is InChI=1S/C20H14Cl2N2/c1-12-3-2-4-15(13-5-8-18-19(9-13)24-11-23-18)20(12)16-10-14(21)6-7-17(16)22/h2-11H,1H3,(H,23,24). The summed E-state index contributed by atoms with van der Waals surface area (Å²) in [6.45, 7) is 2.09. The lowest BCUT2D eigenvalue weighted by molar-refractivity contribution is 1.34. The van der Waals surface area contributed by atoms with Gasteiger partial charge in [0.15, 0.2) is 0 Å². The smallest absolute Gasteiger partial charge is 0.0931 e. The molecule has 1 aromatic heterocycles. The van der Waals surface area contributed by atoms with Gasteiger partial charge in [0.25, 0.3) is 0 Å². The molecule has 0 atom stereocenters. The Labute approximate surface area is 150 Å². The Balaban J connectivity index is 1.99. The van der Waals surface area contributed by atoms with Crippen LogP contribution in [0.2, 0.25) is 10.0 Å². The summed E-state index contributed by atoms with van der Waals surface area (Å²) in [7, 11) is 0. The molecule has 0 bridgehead atoms. The average molecular weight is 353 g/mol. The summed E-state index contributed by atoms with van der Waals surface area (Å²) in [5, 5.41) is 1.37. The highest BCUT2D eigenvalue weighted by molar-refractivity contribution is 6.35. The number of aryl methyl sites for hydroxylation is 1. The summed E-state index contributed by atoms with van der Waals surface area (Å²) in [5.74, 6) is 0. The molecule has 24 heavy (non-hydrogen) atoms. The summed E-state index contributed by atoms with van der Waals surface area (Å²) in [6.07, 6.45) is 1.71. The van der Waals surface area contributed by atoms with Gasteiger partial charge in [0, 0.05) is 15.6 Å². The van der Waals surface area contributed by atoms with Crippen molar-refractivity contribution in [2.75, 3.05) is 0 Å². The van der Waals surface area contributed by atoms with Crippen LogP contribution >= 0.6 is 23.2 Å². The van der Waals surface area contributed by atoms with Crippen LogP contribution in [-0.4, -0.2) is 9.97 Å². The highest BCUT2D eigenvalue weighted by atomic mass is 35.5. The normalized spacial score (nSPS) is 11.1. The third-order valence-electron chi connectivity index (χ3n) is 4.20. The summed E-state index contributed by atoms with van der Waals surface area (Å²) in [5.41, 5.74) is 7.40. The predicted octanol–water partition coefficient (Wildman–Crippen LogP) is 6.51. The molecule has 0 saturated carbocycles. The molecule has 0 fully saturated rings. The van der Waals surface area contributed by atoms with Crippen molar-refractivity contribution in [3.63, 3.8) is 0 Å². The van der Waals surface area contributed by atoms with Gasteiger partial charge in [-0.2, -0.15) is 0 Å². The average Bonchev–Trinajstić information content (AvgIpc) is 3.04. The maximum absolute atomic E-state index is 6.46. The van der Waals surface area contributed by atoms with Crippen LogP contribution in [0.3, 0.4) is 0 Å². The summed E-state index contributed by atoms with van der Waals surface area (Å²) in [4.78, 5) is 7.45. The van der Waals surface area contributed by atoms with E-state index in [0.717, 1.165) is 38.9 Å². The number of rotatable bonds is 2. The number of hydrogen-bond acceptors (Lipinski definition) is 1. The first-order chi connectivity index (χ1) is 11.6. The number of H-pyrrole nitrogens is 1. The predicted molar refractivity (Wildman–Crippen MR) is 102 cm³/mol. The van der Waals surface area contributed by atoms with Crippen molar-refractivity contribution < 1.29 is 0 Å². The molecule has 0 aliphatic heterocycles. The van der Waals surface area contributed by atoms with Crippen LogP contribution in [0, 0.1) is 6.92 Å². The number of nitrogens with zero attached hydrogens (tertiary/aromatic N) is 1. The van der Waals surface area contributed by atoms with Crippen LogP contribution < -0.4 is 0 Å². The van der Waals surface area contributed by atoms with Crippen LogP contribution in [0.25, 0.3) is 33.3 Å². The summed E-state index contributed by atoms with van der Waals surface area (Å²) < 4.78 is 0. The largest absolute Gasteiger partial charge is 0.345 e.